The monoisotopic (exact) mass is 387 g/mol. The molecule has 2 N–H and O–H groups in total. The largest absolute Gasteiger partial charge is 0.423 e. The van der Waals surface area contributed by atoms with Gasteiger partial charge in [0.05, 0.1) is 12.2 Å². The van der Waals surface area contributed by atoms with Gasteiger partial charge in [0, 0.05) is 17.1 Å². The number of nitrogens with one attached hydrogen (secondary N) is 2. The molecule has 4 rings (SSSR count). The zero-order valence-corrected chi connectivity index (χ0v) is 16.0. The van der Waals surface area contributed by atoms with Crippen molar-refractivity contribution in [1.29, 1.82) is 0 Å². The van der Waals surface area contributed by atoms with Crippen molar-refractivity contribution in [1.82, 2.24) is 0 Å². The van der Waals surface area contributed by atoms with Gasteiger partial charge in [0.2, 0.25) is 5.91 Å². The summed E-state index contributed by atoms with van der Waals surface area (Å²) in [6.07, 6.45) is 0. The fraction of sp³-hybridized carbons (Fsp3) is 0.130. The summed E-state index contributed by atoms with van der Waals surface area (Å²) < 4.78 is 5.29. The first-order valence-electron chi connectivity index (χ1n) is 9.35. The first kappa shape index (κ1) is 18.6. The molecule has 0 radical (unpaired) electrons. The number of anilines is 4. The molecule has 29 heavy (non-hydrogen) atoms. The van der Waals surface area contributed by atoms with Crippen LogP contribution in [0.1, 0.15) is 5.56 Å². The highest BCUT2D eigenvalue weighted by molar-refractivity contribution is 5.96. The van der Waals surface area contributed by atoms with Gasteiger partial charge in [0.25, 0.3) is 0 Å². The van der Waals surface area contributed by atoms with Crippen LogP contribution in [0.5, 0.6) is 5.75 Å². The summed E-state index contributed by atoms with van der Waals surface area (Å²) in [6.45, 7) is 2.04. The van der Waals surface area contributed by atoms with Crippen LogP contribution in [0.3, 0.4) is 0 Å². The SMILES string of the molecule is Cc1ccc2c(c1)OC(=O)CN2CC(=O)Nc1ccc(Nc2ccccc2)cc1. The lowest BCUT2D eigenvalue weighted by Crippen LogP contribution is -2.41. The molecule has 3 aromatic carbocycles. The maximum absolute atomic E-state index is 12.5. The molecule has 1 heterocycles. The quantitative estimate of drug-likeness (QED) is 0.509. The molecule has 0 aliphatic carbocycles. The number of amides is 1. The first-order valence-corrected chi connectivity index (χ1v) is 9.35. The lowest BCUT2D eigenvalue weighted by molar-refractivity contribution is -0.133. The Morgan fingerprint density at radius 2 is 1.66 bits per heavy atom. The van der Waals surface area contributed by atoms with Crippen molar-refractivity contribution in [2.75, 3.05) is 28.6 Å². The van der Waals surface area contributed by atoms with E-state index in [9.17, 15) is 9.59 Å². The summed E-state index contributed by atoms with van der Waals surface area (Å²) >= 11 is 0. The molecule has 1 amide bonds. The average Bonchev–Trinajstić information content (AvgIpc) is 2.70. The van der Waals surface area contributed by atoms with Crippen LogP contribution in [0.25, 0.3) is 0 Å². The van der Waals surface area contributed by atoms with Crippen LogP contribution in [0.15, 0.2) is 72.8 Å². The molecule has 0 spiro atoms. The number of rotatable bonds is 5. The Balaban J connectivity index is 1.39. The highest BCUT2D eigenvalue weighted by Crippen LogP contribution is 2.32. The van der Waals surface area contributed by atoms with Crippen molar-refractivity contribution in [2.24, 2.45) is 0 Å². The zero-order chi connectivity index (χ0) is 20.2. The summed E-state index contributed by atoms with van der Waals surface area (Å²) in [5.74, 6) is -0.0763. The molecule has 146 valence electrons. The van der Waals surface area contributed by atoms with Gasteiger partial charge in [-0.2, -0.15) is 0 Å². The lowest BCUT2D eigenvalue weighted by Gasteiger charge is -2.29. The second kappa shape index (κ2) is 8.06. The predicted molar refractivity (Wildman–Crippen MR) is 114 cm³/mol. The van der Waals surface area contributed by atoms with E-state index in [-0.39, 0.29) is 25.0 Å². The molecule has 0 saturated carbocycles. The molecule has 6 heteroatoms. The second-order valence-corrected chi connectivity index (χ2v) is 6.92. The number of benzene rings is 3. The van der Waals surface area contributed by atoms with E-state index in [2.05, 4.69) is 10.6 Å². The third-order valence-electron chi connectivity index (χ3n) is 4.57. The molecule has 0 saturated heterocycles. The van der Waals surface area contributed by atoms with E-state index in [1.54, 1.807) is 11.0 Å². The minimum Gasteiger partial charge on any atom is -0.423 e. The van der Waals surface area contributed by atoms with Crippen molar-refractivity contribution in [3.8, 4) is 5.75 Å². The molecule has 0 unspecified atom stereocenters. The molecule has 0 bridgehead atoms. The van der Waals surface area contributed by atoms with Gasteiger partial charge in [-0.15, -0.1) is 0 Å². The van der Waals surface area contributed by atoms with Crippen LogP contribution >= 0.6 is 0 Å². The second-order valence-electron chi connectivity index (χ2n) is 6.92. The van der Waals surface area contributed by atoms with Gasteiger partial charge in [-0.05, 0) is 61.0 Å². The van der Waals surface area contributed by atoms with E-state index in [4.69, 9.17) is 4.74 Å². The third-order valence-corrected chi connectivity index (χ3v) is 4.57. The minimum atomic E-state index is -0.368. The number of fused-ring (bicyclic) bond motifs is 1. The maximum Gasteiger partial charge on any atom is 0.331 e. The van der Waals surface area contributed by atoms with Gasteiger partial charge < -0.3 is 20.3 Å². The maximum atomic E-state index is 12.5. The molecule has 1 aliphatic heterocycles. The Bertz CT molecular complexity index is 1030. The topological polar surface area (TPSA) is 70.7 Å². The number of ether oxygens (including phenoxy) is 1. The number of hydrogen-bond donors (Lipinski definition) is 2. The standard InChI is InChI=1S/C23H21N3O3/c1-16-7-12-20-21(13-16)29-23(28)15-26(20)14-22(27)25-19-10-8-18(9-11-19)24-17-5-3-2-4-6-17/h2-13,24H,14-15H2,1H3,(H,25,27). The van der Waals surface area contributed by atoms with Gasteiger partial charge in [0.1, 0.15) is 6.54 Å². The van der Waals surface area contributed by atoms with E-state index < -0.39 is 0 Å². The van der Waals surface area contributed by atoms with Crippen LogP contribution < -0.4 is 20.3 Å². The Labute approximate surface area is 169 Å². The molecular weight excluding hydrogens is 366 g/mol. The molecule has 6 nitrogen and oxygen atoms in total. The van der Waals surface area contributed by atoms with Crippen molar-refractivity contribution >= 4 is 34.6 Å². The van der Waals surface area contributed by atoms with Crippen LogP contribution in [0.4, 0.5) is 22.7 Å². The van der Waals surface area contributed by atoms with Crippen LogP contribution in [-0.2, 0) is 9.59 Å². The van der Waals surface area contributed by atoms with Gasteiger partial charge >= 0.3 is 5.97 Å². The van der Waals surface area contributed by atoms with Gasteiger partial charge in [-0.3, -0.25) is 4.79 Å². The van der Waals surface area contributed by atoms with E-state index in [1.165, 1.54) is 0 Å². The van der Waals surface area contributed by atoms with Gasteiger partial charge in [-0.25, -0.2) is 4.79 Å². The van der Waals surface area contributed by atoms with Crippen molar-refractivity contribution in [3.05, 3.63) is 78.4 Å². The molecule has 0 aromatic heterocycles. The Morgan fingerprint density at radius 1 is 0.966 bits per heavy atom. The Hall–Kier alpha value is -3.80. The molecule has 1 aliphatic rings. The van der Waals surface area contributed by atoms with Crippen molar-refractivity contribution in [3.63, 3.8) is 0 Å². The number of esters is 1. The van der Waals surface area contributed by atoms with Crippen LogP contribution in [-0.4, -0.2) is 25.0 Å². The van der Waals surface area contributed by atoms with E-state index in [0.29, 0.717) is 11.4 Å². The Morgan fingerprint density at radius 3 is 2.41 bits per heavy atom. The minimum absolute atomic E-state index is 0.0451. The summed E-state index contributed by atoms with van der Waals surface area (Å²) in [7, 11) is 0. The van der Waals surface area contributed by atoms with E-state index in [1.807, 2.05) is 73.7 Å². The van der Waals surface area contributed by atoms with Gasteiger partial charge in [-0.1, -0.05) is 24.3 Å². The van der Waals surface area contributed by atoms with E-state index in [0.717, 1.165) is 22.6 Å². The summed E-state index contributed by atoms with van der Waals surface area (Å²) in [5.41, 5.74) is 4.35. The van der Waals surface area contributed by atoms with Crippen molar-refractivity contribution < 1.29 is 14.3 Å². The summed E-state index contributed by atoms with van der Waals surface area (Å²) in [6, 6.07) is 22.9. The molecular formula is C23H21N3O3. The number of carbonyl (C=O) groups excluding carboxylic acids is 2. The number of carbonyl (C=O) groups is 2. The molecule has 0 atom stereocenters. The molecule has 0 fully saturated rings. The number of aryl methyl sites for hydroxylation is 1. The molecule has 3 aromatic rings. The fourth-order valence-electron chi connectivity index (χ4n) is 3.20. The normalized spacial score (nSPS) is 12.7. The Kier molecular flexibility index (Phi) is 5.16. The summed E-state index contributed by atoms with van der Waals surface area (Å²) in [4.78, 5) is 26.1. The van der Waals surface area contributed by atoms with Crippen molar-refractivity contribution in [2.45, 2.75) is 6.92 Å². The van der Waals surface area contributed by atoms with E-state index >= 15 is 0 Å². The number of nitrogens with zero attached hydrogens (tertiary/aromatic N) is 1. The predicted octanol–water partition coefficient (Wildman–Crippen LogP) is 4.10. The fourth-order valence-corrected chi connectivity index (χ4v) is 3.20. The highest BCUT2D eigenvalue weighted by Gasteiger charge is 2.25. The number of hydrogen-bond acceptors (Lipinski definition) is 5. The van der Waals surface area contributed by atoms with Gasteiger partial charge in [0.15, 0.2) is 5.75 Å². The lowest BCUT2D eigenvalue weighted by atomic mass is 10.1. The van der Waals surface area contributed by atoms with Crippen LogP contribution in [0.2, 0.25) is 0 Å². The van der Waals surface area contributed by atoms with Crippen LogP contribution in [0, 0.1) is 6.92 Å². The third kappa shape index (κ3) is 4.55. The number of para-hydroxylation sites is 1. The smallest absolute Gasteiger partial charge is 0.331 e. The first-order chi connectivity index (χ1) is 14.1. The highest BCUT2D eigenvalue weighted by atomic mass is 16.5. The zero-order valence-electron chi connectivity index (χ0n) is 16.0. The average molecular weight is 387 g/mol. The summed E-state index contributed by atoms with van der Waals surface area (Å²) in [5, 5.41) is 6.18.